The average Bonchev–Trinajstić information content (AvgIpc) is 2.94. The summed E-state index contributed by atoms with van der Waals surface area (Å²) in [6, 6.07) is 7.05. The normalized spacial score (nSPS) is 11.8. The van der Waals surface area contributed by atoms with Gasteiger partial charge in [-0.2, -0.15) is 8.42 Å². The van der Waals surface area contributed by atoms with Gasteiger partial charge in [-0.15, -0.1) is 0 Å². The number of amides is 2. The maximum atomic E-state index is 13.5. The molecule has 13 heteroatoms. The van der Waals surface area contributed by atoms with E-state index in [4.69, 9.17) is 9.47 Å². The van der Waals surface area contributed by atoms with Crippen molar-refractivity contribution in [3.8, 4) is 11.5 Å². The first-order valence-electron chi connectivity index (χ1n) is 12.5. The molecule has 0 bridgehead atoms. The molecule has 2 amide bonds. The zero-order valence-corrected chi connectivity index (χ0v) is 22.6. The first-order valence-corrected chi connectivity index (χ1v) is 14.0. The molecule has 0 radical (unpaired) electrons. The summed E-state index contributed by atoms with van der Waals surface area (Å²) < 4.78 is 46.5. The van der Waals surface area contributed by atoms with Gasteiger partial charge in [-0.25, -0.2) is 0 Å². The third-order valence-electron chi connectivity index (χ3n) is 5.97. The summed E-state index contributed by atoms with van der Waals surface area (Å²) >= 11 is 0. The fourth-order valence-electron chi connectivity index (χ4n) is 4.02. The molecule has 2 aromatic carbocycles. The minimum absolute atomic E-state index is 0. The van der Waals surface area contributed by atoms with Gasteiger partial charge >= 0.3 is 29.6 Å². The van der Waals surface area contributed by atoms with Crippen molar-refractivity contribution in [2.24, 2.45) is 0 Å². The van der Waals surface area contributed by atoms with Crippen LogP contribution in [-0.4, -0.2) is 92.2 Å². The summed E-state index contributed by atoms with van der Waals surface area (Å²) in [5.74, 6) is -2.50. The number of benzene rings is 2. The van der Waals surface area contributed by atoms with E-state index in [-0.39, 0.29) is 82.6 Å². The van der Waals surface area contributed by atoms with Crippen LogP contribution in [0.15, 0.2) is 60.5 Å². The Morgan fingerprint density at radius 2 is 1.29 bits per heavy atom. The minimum atomic E-state index is -4.91. The first kappa shape index (κ1) is 33.9. The van der Waals surface area contributed by atoms with Crippen LogP contribution in [-0.2, 0) is 19.7 Å². The van der Waals surface area contributed by atoms with Gasteiger partial charge in [0.05, 0.1) is 18.8 Å². The monoisotopic (exact) mass is 594 g/mol. The predicted octanol–water partition coefficient (Wildman–Crippen LogP) is 1.98. The second kappa shape index (κ2) is 15.6. The van der Waals surface area contributed by atoms with Crippen molar-refractivity contribution in [2.45, 2.75) is 30.6 Å². The van der Waals surface area contributed by atoms with Crippen LogP contribution in [0.1, 0.15) is 57.5 Å². The summed E-state index contributed by atoms with van der Waals surface area (Å²) in [5.41, 5.74) is -0.172. The molecule has 2 aromatic rings. The molecular formula is C28H31N2NaO9S. The molecule has 11 nitrogen and oxygen atoms in total. The Bertz CT molecular complexity index is 1450. The van der Waals surface area contributed by atoms with E-state index in [0.717, 1.165) is 18.2 Å². The molecule has 3 N–H and O–H groups in total. The van der Waals surface area contributed by atoms with E-state index in [2.05, 4.69) is 23.8 Å². The standard InChI is InChI=1S/C28H30N2O9S.Na.H/c1-3-22(31)29-13-7-9-15-38-27-21(40(35,36)37)17-20-24(26(34)19-12-6-5-11-18(19)25(20)33)28(27)39-16-10-8-14-30-23(32)4-2;;/h3-6,11-12,17H,1-2,7-10,13-16H2,(H,29,31)(H,30,32)(H,35,36,37);;. The number of ketones is 2. The van der Waals surface area contributed by atoms with Gasteiger partial charge in [0.15, 0.2) is 23.1 Å². The van der Waals surface area contributed by atoms with Gasteiger partial charge in [-0.05, 0) is 43.9 Å². The summed E-state index contributed by atoms with van der Waals surface area (Å²) in [6.07, 6.45) is 4.00. The Balaban J connectivity index is 0.00000588. The SMILES string of the molecule is C=CC(=O)NCCCCOc1c(S(=O)(=O)O)cc2c(c1OCCCCNC(=O)C=C)C(=O)c1ccccc1C2=O.[NaH]. The van der Waals surface area contributed by atoms with Gasteiger partial charge in [0.1, 0.15) is 4.90 Å². The van der Waals surface area contributed by atoms with Crippen LogP contribution < -0.4 is 20.1 Å². The molecule has 0 unspecified atom stereocenters. The number of fused-ring (bicyclic) bond motifs is 2. The van der Waals surface area contributed by atoms with Crippen molar-refractivity contribution in [3.05, 3.63) is 77.9 Å². The van der Waals surface area contributed by atoms with Crippen molar-refractivity contribution < 1.29 is 41.6 Å². The fourth-order valence-corrected chi connectivity index (χ4v) is 4.67. The van der Waals surface area contributed by atoms with Gasteiger partial charge in [0.2, 0.25) is 11.8 Å². The van der Waals surface area contributed by atoms with E-state index in [1.54, 1.807) is 12.1 Å². The molecule has 0 aromatic heterocycles. The van der Waals surface area contributed by atoms with Gasteiger partial charge in [0, 0.05) is 29.8 Å². The number of carbonyl (C=O) groups is 4. The molecule has 0 fully saturated rings. The molecule has 214 valence electrons. The van der Waals surface area contributed by atoms with Crippen molar-refractivity contribution in [2.75, 3.05) is 26.3 Å². The third kappa shape index (κ3) is 8.60. The number of hydrogen-bond donors (Lipinski definition) is 3. The topological polar surface area (TPSA) is 165 Å². The van der Waals surface area contributed by atoms with Gasteiger partial charge in [0.25, 0.3) is 10.1 Å². The second-order valence-electron chi connectivity index (χ2n) is 8.74. The Kier molecular flexibility index (Phi) is 12.9. The molecule has 41 heavy (non-hydrogen) atoms. The molecule has 0 atom stereocenters. The van der Waals surface area contributed by atoms with Gasteiger partial charge in [-0.3, -0.25) is 23.7 Å². The third-order valence-corrected chi connectivity index (χ3v) is 6.83. The Hall–Kier alpha value is -3.29. The van der Waals surface area contributed by atoms with Crippen molar-refractivity contribution >= 4 is 63.1 Å². The van der Waals surface area contributed by atoms with Crippen molar-refractivity contribution in [1.82, 2.24) is 10.6 Å². The summed E-state index contributed by atoms with van der Waals surface area (Å²) in [5, 5.41) is 5.23. The van der Waals surface area contributed by atoms with E-state index in [0.29, 0.717) is 38.8 Å². The van der Waals surface area contributed by atoms with Crippen LogP contribution in [0.3, 0.4) is 0 Å². The van der Waals surface area contributed by atoms with Crippen LogP contribution >= 0.6 is 0 Å². The Morgan fingerprint density at radius 3 is 1.78 bits per heavy atom. The van der Waals surface area contributed by atoms with E-state index >= 15 is 0 Å². The van der Waals surface area contributed by atoms with E-state index in [9.17, 15) is 32.1 Å². The van der Waals surface area contributed by atoms with Gasteiger partial charge in [-0.1, -0.05) is 37.4 Å². The molecule has 0 saturated carbocycles. The number of carbonyl (C=O) groups excluding carboxylic acids is 4. The van der Waals surface area contributed by atoms with Crippen molar-refractivity contribution in [3.63, 3.8) is 0 Å². The van der Waals surface area contributed by atoms with Crippen LogP contribution in [0.2, 0.25) is 0 Å². The summed E-state index contributed by atoms with van der Waals surface area (Å²) in [7, 11) is -4.91. The molecule has 0 heterocycles. The Morgan fingerprint density at radius 1 is 0.805 bits per heavy atom. The van der Waals surface area contributed by atoms with Crippen LogP contribution in [0, 0.1) is 0 Å². The summed E-state index contributed by atoms with van der Waals surface area (Å²) in [4.78, 5) is 48.8. The van der Waals surface area contributed by atoms with Crippen LogP contribution in [0.25, 0.3) is 0 Å². The van der Waals surface area contributed by atoms with E-state index < -0.39 is 32.3 Å². The molecule has 0 saturated heterocycles. The van der Waals surface area contributed by atoms with Gasteiger partial charge < -0.3 is 20.1 Å². The quantitative estimate of drug-likeness (QED) is 0.103. The van der Waals surface area contributed by atoms with E-state index in [1.165, 1.54) is 12.1 Å². The molecule has 1 aliphatic rings. The molecule has 0 aliphatic heterocycles. The number of nitrogens with one attached hydrogen (secondary N) is 2. The second-order valence-corrected chi connectivity index (χ2v) is 10.1. The first-order chi connectivity index (χ1) is 19.1. The zero-order valence-electron chi connectivity index (χ0n) is 21.7. The molecule has 3 rings (SSSR count). The molecule has 0 spiro atoms. The number of ether oxygens (including phenoxy) is 2. The number of hydrogen-bond acceptors (Lipinski definition) is 8. The van der Waals surface area contributed by atoms with Crippen LogP contribution in [0.5, 0.6) is 11.5 Å². The number of rotatable bonds is 15. The zero-order chi connectivity index (χ0) is 29.3. The Labute approximate surface area is 260 Å². The molecular weight excluding hydrogens is 563 g/mol. The maximum absolute atomic E-state index is 13.5. The molecule has 1 aliphatic carbocycles. The number of unbranched alkanes of at least 4 members (excludes halogenated alkanes) is 2. The van der Waals surface area contributed by atoms with Crippen molar-refractivity contribution in [1.29, 1.82) is 0 Å². The summed E-state index contributed by atoms with van der Waals surface area (Å²) in [6.45, 7) is 7.32. The average molecular weight is 595 g/mol. The van der Waals surface area contributed by atoms with Crippen LogP contribution in [0.4, 0.5) is 0 Å². The predicted molar refractivity (Wildman–Crippen MR) is 153 cm³/mol. The van der Waals surface area contributed by atoms with E-state index in [1.807, 2.05) is 0 Å². The fraction of sp³-hybridized carbons (Fsp3) is 0.286.